The Morgan fingerprint density at radius 2 is 2.14 bits per heavy atom. The molecule has 0 radical (unpaired) electrons. The zero-order chi connectivity index (χ0) is 16.5. The number of likely N-dealkylation sites (N-methyl/N-ethyl adjacent to an activating group) is 1. The van der Waals surface area contributed by atoms with Gasteiger partial charge in [0.05, 0.1) is 12.2 Å². The average Bonchev–Trinajstić information content (AvgIpc) is 2.90. The van der Waals surface area contributed by atoms with Crippen LogP contribution in [0, 0.1) is 0 Å². The molecule has 1 N–H and O–H groups in total. The lowest BCUT2D eigenvalue weighted by atomic mass is 9.91. The fourth-order valence-corrected chi connectivity index (χ4v) is 2.35. The third-order valence-electron chi connectivity index (χ3n) is 3.78. The monoisotopic (exact) mass is 317 g/mol. The molecule has 1 heterocycles. The van der Waals surface area contributed by atoms with Crippen molar-refractivity contribution in [1.82, 2.24) is 14.9 Å². The molecule has 0 amide bonds. The van der Waals surface area contributed by atoms with Gasteiger partial charge in [-0.25, -0.2) is 9.37 Å². The van der Waals surface area contributed by atoms with E-state index in [-0.39, 0.29) is 12.2 Å². The maximum atomic E-state index is 13.8. The van der Waals surface area contributed by atoms with Crippen molar-refractivity contribution in [2.24, 2.45) is 0 Å². The van der Waals surface area contributed by atoms with Crippen molar-refractivity contribution >= 4 is 0 Å². The molecule has 1 aromatic heterocycles. The Morgan fingerprint density at radius 3 is 2.59 bits per heavy atom. The van der Waals surface area contributed by atoms with Crippen LogP contribution in [0.3, 0.4) is 0 Å². The molecule has 1 aliphatic carbocycles. The van der Waals surface area contributed by atoms with Gasteiger partial charge in [-0.1, -0.05) is 19.1 Å². The van der Waals surface area contributed by atoms with E-state index in [4.69, 9.17) is 0 Å². The summed E-state index contributed by atoms with van der Waals surface area (Å²) in [6.45, 7) is 3.97. The van der Waals surface area contributed by atoms with Gasteiger partial charge in [0, 0.05) is 6.42 Å². The molecule has 1 aromatic rings. The number of alkyl halides is 4. The molecule has 1 aliphatic rings. The molecule has 7 heteroatoms. The van der Waals surface area contributed by atoms with E-state index >= 15 is 0 Å². The van der Waals surface area contributed by atoms with Crippen LogP contribution in [-0.4, -0.2) is 34.1 Å². The third kappa shape index (κ3) is 3.58. The normalized spacial score (nSPS) is 23.7. The van der Waals surface area contributed by atoms with Gasteiger partial charge < -0.3 is 4.98 Å². The van der Waals surface area contributed by atoms with Gasteiger partial charge in [0.2, 0.25) is 0 Å². The van der Waals surface area contributed by atoms with E-state index in [1.807, 2.05) is 11.8 Å². The number of hydrogen-bond donors (Lipinski definition) is 1. The van der Waals surface area contributed by atoms with Crippen LogP contribution in [0.25, 0.3) is 0 Å². The lowest BCUT2D eigenvalue weighted by Gasteiger charge is -2.29. The van der Waals surface area contributed by atoms with E-state index in [0.717, 1.165) is 11.8 Å². The van der Waals surface area contributed by atoms with Crippen LogP contribution in [0.4, 0.5) is 17.6 Å². The van der Waals surface area contributed by atoms with Crippen molar-refractivity contribution in [3.05, 3.63) is 41.5 Å². The van der Waals surface area contributed by atoms with Gasteiger partial charge in [-0.15, -0.1) is 0 Å². The Morgan fingerprint density at radius 1 is 1.45 bits per heavy atom. The summed E-state index contributed by atoms with van der Waals surface area (Å²) in [4.78, 5) is 8.08. The summed E-state index contributed by atoms with van der Waals surface area (Å²) in [6.07, 6.45) is 1.29. The highest BCUT2D eigenvalue weighted by Crippen LogP contribution is 2.35. The highest BCUT2D eigenvalue weighted by atomic mass is 19.4. The molecule has 2 rings (SSSR count). The SMILES string of the molecule is CCN(C)C(C1=CCC(C)(F)C=C1)c1ncc(C(F)(F)F)[nH]1. The molecule has 0 saturated carbocycles. The molecular formula is C15H19F4N3. The predicted molar refractivity (Wildman–Crippen MR) is 76.0 cm³/mol. The van der Waals surface area contributed by atoms with Crippen LogP contribution in [0.5, 0.6) is 0 Å². The van der Waals surface area contributed by atoms with E-state index in [0.29, 0.717) is 6.54 Å². The molecular weight excluding hydrogens is 298 g/mol. The topological polar surface area (TPSA) is 31.9 Å². The molecule has 0 spiro atoms. The number of imidazole rings is 1. The first kappa shape index (κ1) is 16.7. The van der Waals surface area contributed by atoms with Gasteiger partial charge in [0.15, 0.2) is 0 Å². The summed E-state index contributed by atoms with van der Waals surface area (Å²) in [5.41, 5.74) is -1.56. The van der Waals surface area contributed by atoms with Gasteiger partial charge >= 0.3 is 6.18 Å². The van der Waals surface area contributed by atoms with E-state index in [9.17, 15) is 17.6 Å². The smallest absolute Gasteiger partial charge is 0.337 e. The molecule has 0 aromatic carbocycles. The fourth-order valence-electron chi connectivity index (χ4n) is 2.35. The number of nitrogens with one attached hydrogen (secondary N) is 1. The molecule has 3 nitrogen and oxygen atoms in total. The second-order valence-corrected chi connectivity index (χ2v) is 5.68. The summed E-state index contributed by atoms with van der Waals surface area (Å²) >= 11 is 0. The number of nitrogens with zero attached hydrogens (tertiary/aromatic N) is 2. The molecule has 2 unspecified atom stereocenters. The lowest BCUT2D eigenvalue weighted by molar-refractivity contribution is -0.141. The highest BCUT2D eigenvalue weighted by Gasteiger charge is 2.35. The molecule has 0 aliphatic heterocycles. The first-order valence-electron chi connectivity index (χ1n) is 7.04. The van der Waals surface area contributed by atoms with Crippen LogP contribution in [0.15, 0.2) is 30.0 Å². The Balaban J connectivity index is 2.34. The van der Waals surface area contributed by atoms with Gasteiger partial charge in [-0.3, -0.25) is 4.90 Å². The number of H-pyrrole nitrogens is 1. The molecule has 0 saturated heterocycles. The van der Waals surface area contributed by atoms with Crippen LogP contribution in [0.2, 0.25) is 0 Å². The van der Waals surface area contributed by atoms with Crippen LogP contribution < -0.4 is 0 Å². The predicted octanol–water partition coefficient (Wildman–Crippen LogP) is 4.04. The number of aromatic amines is 1. The van der Waals surface area contributed by atoms with E-state index in [2.05, 4.69) is 9.97 Å². The van der Waals surface area contributed by atoms with E-state index < -0.39 is 23.6 Å². The first-order chi connectivity index (χ1) is 10.1. The standard InChI is InChI=1S/C15H19F4N3/c1-4-22(3)12(10-5-7-14(2,16)8-6-10)13-20-9-11(21-13)15(17,18)19/h5-7,9,12H,4,8H2,1-3H3,(H,20,21). The molecule has 122 valence electrons. The second kappa shape index (κ2) is 5.87. The number of halogens is 4. The van der Waals surface area contributed by atoms with Crippen molar-refractivity contribution in [1.29, 1.82) is 0 Å². The number of aromatic nitrogens is 2. The van der Waals surface area contributed by atoms with Gasteiger partial charge in [-0.2, -0.15) is 13.2 Å². The minimum absolute atomic E-state index is 0.194. The van der Waals surface area contributed by atoms with Gasteiger partial charge in [0.25, 0.3) is 0 Å². The number of allylic oxidation sites excluding steroid dienone is 2. The second-order valence-electron chi connectivity index (χ2n) is 5.68. The van der Waals surface area contributed by atoms with Crippen molar-refractivity contribution in [2.45, 2.75) is 38.2 Å². The largest absolute Gasteiger partial charge is 0.432 e. The Labute approximate surface area is 126 Å². The minimum Gasteiger partial charge on any atom is -0.337 e. The summed E-state index contributed by atoms with van der Waals surface area (Å²) in [5, 5.41) is 0. The average molecular weight is 317 g/mol. The van der Waals surface area contributed by atoms with Gasteiger partial charge in [-0.05, 0) is 32.2 Å². The van der Waals surface area contributed by atoms with Crippen molar-refractivity contribution in [2.75, 3.05) is 13.6 Å². The summed E-state index contributed by atoms with van der Waals surface area (Å²) in [7, 11) is 1.79. The summed E-state index contributed by atoms with van der Waals surface area (Å²) in [5.74, 6) is 0.204. The maximum Gasteiger partial charge on any atom is 0.432 e. The maximum absolute atomic E-state index is 13.8. The molecule has 0 bridgehead atoms. The zero-order valence-electron chi connectivity index (χ0n) is 12.7. The van der Waals surface area contributed by atoms with E-state index in [1.54, 1.807) is 19.2 Å². The summed E-state index contributed by atoms with van der Waals surface area (Å²) < 4.78 is 52.0. The highest BCUT2D eigenvalue weighted by molar-refractivity contribution is 5.34. The van der Waals surface area contributed by atoms with Crippen LogP contribution in [0.1, 0.15) is 37.8 Å². The minimum atomic E-state index is -4.46. The lowest BCUT2D eigenvalue weighted by Crippen LogP contribution is -2.28. The number of hydrogen-bond acceptors (Lipinski definition) is 2. The Bertz CT molecular complexity index is 584. The fraction of sp³-hybridized carbons (Fsp3) is 0.533. The van der Waals surface area contributed by atoms with Crippen molar-refractivity contribution in [3.63, 3.8) is 0 Å². The molecule has 0 fully saturated rings. The Hall–Kier alpha value is -1.63. The zero-order valence-corrected chi connectivity index (χ0v) is 12.7. The third-order valence-corrected chi connectivity index (χ3v) is 3.78. The number of rotatable bonds is 4. The first-order valence-corrected chi connectivity index (χ1v) is 7.04. The Kier molecular flexibility index (Phi) is 4.47. The molecule has 22 heavy (non-hydrogen) atoms. The summed E-state index contributed by atoms with van der Waals surface area (Å²) in [6, 6.07) is -0.464. The van der Waals surface area contributed by atoms with E-state index in [1.165, 1.54) is 13.0 Å². The quantitative estimate of drug-likeness (QED) is 0.850. The molecule has 2 atom stereocenters. The van der Waals surface area contributed by atoms with Crippen LogP contribution in [-0.2, 0) is 6.18 Å². The van der Waals surface area contributed by atoms with Crippen molar-refractivity contribution in [3.8, 4) is 0 Å². The van der Waals surface area contributed by atoms with Gasteiger partial charge in [0.1, 0.15) is 17.2 Å². The van der Waals surface area contributed by atoms with Crippen molar-refractivity contribution < 1.29 is 17.6 Å². The van der Waals surface area contributed by atoms with Crippen LogP contribution >= 0.6 is 0 Å².